The van der Waals surface area contributed by atoms with Gasteiger partial charge in [0.2, 0.25) is 5.91 Å². The average molecular weight is 264 g/mol. The lowest BCUT2D eigenvalue weighted by Crippen LogP contribution is -2.33. The van der Waals surface area contributed by atoms with Crippen molar-refractivity contribution in [2.75, 3.05) is 11.9 Å². The summed E-state index contributed by atoms with van der Waals surface area (Å²) in [4.78, 5) is 22.5. The molecular weight excluding hydrogens is 244 g/mol. The Morgan fingerprint density at radius 1 is 1.32 bits per heavy atom. The number of carbonyl (C=O) groups is 2. The highest BCUT2D eigenvalue weighted by Crippen LogP contribution is 2.14. The van der Waals surface area contributed by atoms with Gasteiger partial charge in [-0.15, -0.1) is 0 Å². The van der Waals surface area contributed by atoms with Gasteiger partial charge in [0.05, 0.1) is 5.56 Å². The molecule has 5 nitrogen and oxygen atoms in total. The number of hydrogen-bond acceptors (Lipinski definition) is 3. The minimum atomic E-state index is -0.979. The van der Waals surface area contributed by atoms with Crippen LogP contribution < -0.4 is 10.6 Å². The van der Waals surface area contributed by atoms with E-state index in [2.05, 4.69) is 10.6 Å². The summed E-state index contributed by atoms with van der Waals surface area (Å²) < 4.78 is 0. The smallest absolute Gasteiger partial charge is 0.337 e. The molecule has 1 amide bonds. The lowest BCUT2D eigenvalue weighted by Gasteiger charge is -2.12. The van der Waals surface area contributed by atoms with Crippen LogP contribution in [0, 0.1) is 0 Å². The molecule has 19 heavy (non-hydrogen) atoms. The summed E-state index contributed by atoms with van der Waals surface area (Å²) in [7, 11) is 0. The number of para-hydroxylation sites is 1. The highest BCUT2D eigenvalue weighted by Gasteiger charge is 2.09. The standard InChI is InChI=1S/C14H20N2O3/c1-3-10(2)16-13(17)8-9-15-12-7-5-4-6-11(12)14(18)19/h4-7,10,15H,3,8-9H2,1-2H3,(H,16,17)(H,18,19). The molecule has 0 fully saturated rings. The fourth-order valence-electron chi connectivity index (χ4n) is 1.58. The van der Waals surface area contributed by atoms with Crippen molar-refractivity contribution >= 4 is 17.6 Å². The van der Waals surface area contributed by atoms with Crippen molar-refractivity contribution in [2.24, 2.45) is 0 Å². The molecule has 3 N–H and O–H groups in total. The molecule has 0 aliphatic heterocycles. The molecule has 0 spiro atoms. The van der Waals surface area contributed by atoms with Gasteiger partial charge in [-0.25, -0.2) is 4.79 Å². The number of carboxylic acid groups (broad SMARTS) is 1. The summed E-state index contributed by atoms with van der Waals surface area (Å²) >= 11 is 0. The first-order chi connectivity index (χ1) is 9.04. The summed E-state index contributed by atoms with van der Waals surface area (Å²) in [6.45, 7) is 4.37. The molecule has 0 aliphatic carbocycles. The third-order valence-corrected chi connectivity index (χ3v) is 2.84. The average Bonchev–Trinajstić information content (AvgIpc) is 2.38. The minimum absolute atomic E-state index is 0.0327. The van der Waals surface area contributed by atoms with E-state index in [-0.39, 0.29) is 17.5 Å². The van der Waals surface area contributed by atoms with Gasteiger partial charge in [-0.1, -0.05) is 19.1 Å². The fourth-order valence-corrected chi connectivity index (χ4v) is 1.58. The van der Waals surface area contributed by atoms with Crippen molar-refractivity contribution in [2.45, 2.75) is 32.7 Å². The van der Waals surface area contributed by atoms with Crippen molar-refractivity contribution in [1.82, 2.24) is 5.32 Å². The van der Waals surface area contributed by atoms with Crippen LogP contribution in [0.2, 0.25) is 0 Å². The second-order valence-electron chi connectivity index (χ2n) is 4.40. The number of rotatable bonds is 7. The largest absolute Gasteiger partial charge is 0.478 e. The van der Waals surface area contributed by atoms with Crippen molar-refractivity contribution in [3.63, 3.8) is 0 Å². The van der Waals surface area contributed by atoms with Crippen LogP contribution in [0.4, 0.5) is 5.69 Å². The molecule has 0 saturated carbocycles. The first-order valence-electron chi connectivity index (χ1n) is 6.40. The Balaban J connectivity index is 2.45. The highest BCUT2D eigenvalue weighted by molar-refractivity contribution is 5.94. The molecule has 0 heterocycles. The highest BCUT2D eigenvalue weighted by atomic mass is 16.4. The predicted octanol–water partition coefficient (Wildman–Crippen LogP) is 2.10. The predicted molar refractivity (Wildman–Crippen MR) is 74.4 cm³/mol. The minimum Gasteiger partial charge on any atom is -0.478 e. The van der Waals surface area contributed by atoms with Gasteiger partial charge in [0, 0.05) is 24.7 Å². The van der Waals surface area contributed by atoms with E-state index in [0.29, 0.717) is 18.7 Å². The Bertz CT molecular complexity index is 446. The second kappa shape index (κ2) is 7.41. The molecule has 1 rings (SSSR count). The Kier molecular flexibility index (Phi) is 5.85. The molecule has 0 saturated heterocycles. The Morgan fingerprint density at radius 3 is 2.63 bits per heavy atom. The zero-order chi connectivity index (χ0) is 14.3. The molecule has 0 aliphatic rings. The molecule has 1 atom stereocenters. The van der Waals surface area contributed by atoms with Crippen LogP contribution in [0.15, 0.2) is 24.3 Å². The maximum Gasteiger partial charge on any atom is 0.337 e. The first-order valence-corrected chi connectivity index (χ1v) is 6.40. The third kappa shape index (κ3) is 4.99. The Morgan fingerprint density at radius 2 is 2.00 bits per heavy atom. The Hall–Kier alpha value is -2.04. The molecule has 1 aromatic carbocycles. The van der Waals surface area contributed by atoms with Gasteiger partial charge < -0.3 is 15.7 Å². The van der Waals surface area contributed by atoms with Gasteiger partial charge in [-0.05, 0) is 25.5 Å². The van der Waals surface area contributed by atoms with Crippen LogP contribution >= 0.6 is 0 Å². The van der Waals surface area contributed by atoms with E-state index >= 15 is 0 Å². The SMILES string of the molecule is CCC(C)NC(=O)CCNc1ccccc1C(=O)O. The number of carboxylic acids is 1. The van der Waals surface area contributed by atoms with Gasteiger partial charge in [0.25, 0.3) is 0 Å². The van der Waals surface area contributed by atoms with Gasteiger partial charge in [-0.2, -0.15) is 0 Å². The van der Waals surface area contributed by atoms with E-state index in [1.54, 1.807) is 18.2 Å². The van der Waals surface area contributed by atoms with Gasteiger partial charge >= 0.3 is 5.97 Å². The normalized spacial score (nSPS) is 11.7. The van der Waals surface area contributed by atoms with Crippen molar-refractivity contribution in [1.29, 1.82) is 0 Å². The molecule has 0 radical (unpaired) electrons. The van der Waals surface area contributed by atoms with Crippen LogP contribution in [-0.2, 0) is 4.79 Å². The second-order valence-corrected chi connectivity index (χ2v) is 4.40. The maximum absolute atomic E-state index is 11.6. The van der Waals surface area contributed by atoms with Crippen molar-refractivity contribution < 1.29 is 14.7 Å². The summed E-state index contributed by atoms with van der Waals surface area (Å²) in [6.07, 6.45) is 1.21. The van der Waals surface area contributed by atoms with Crippen LogP contribution in [0.3, 0.4) is 0 Å². The van der Waals surface area contributed by atoms with Crippen LogP contribution in [0.25, 0.3) is 0 Å². The molecule has 1 aromatic rings. The molecule has 1 unspecified atom stereocenters. The van der Waals surface area contributed by atoms with Gasteiger partial charge in [-0.3, -0.25) is 4.79 Å². The number of carbonyl (C=O) groups excluding carboxylic acids is 1. The van der Waals surface area contributed by atoms with E-state index in [4.69, 9.17) is 5.11 Å². The lowest BCUT2D eigenvalue weighted by molar-refractivity contribution is -0.121. The van der Waals surface area contributed by atoms with Gasteiger partial charge in [0.1, 0.15) is 0 Å². The summed E-state index contributed by atoms with van der Waals surface area (Å²) in [6, 6.07) is 6.82. The van der Waals surface area contributed by atoms with E-state index in [1.807, 2.05) is 13.8 Å². The monoisotopic (exact) mass is 264 g/mol. The maximum atomic E-state index is 11.6. The zero-order valence-electron chi connectivity index (χ0n) is 11.3. The summed E-state index contributed by atoms with van der Waals surface area (Å²) in [5.41, 5.74) is 0.746. The van der Waals surface area contributed by atoms with Crippen LogP contribution in [-0.4, -0.2) is 29.6 Å². The van der Waals surface area contributed by atoms with E-state index in [9.17, 15) is 9.59 Å². The fraction of sp³-hybridized carbons (Fsp3) is 0.429. The molecule has 0 bridgehead atoms. The van der Waals surface area contributed by atoms with E-state index in [0.717, 1.165) is 6.42 Å². The number of hydrogen-bond donors (Lipinski definition) is 3. The topological polar surface area (TPSA) is 78.4 Å². The van der Waals surface area contributed by atoms with E-state index in [1.165, 1.54) is 6.07 Å². The number of aromatic carboxylic acids is 1. The zero-order valence-corrected chi connectivity index (χ0v) is 11.3. The van der Waals surface area contributed by atoms with E-state index < -0.39 is 5.97 Å². The Labute approximate surface area is 113 Å². The molecular formula is C14H20N2O3. The van der Waals surface area contributed by atoms with Crippen molar-refractivity contribution in [3.8, 4) is 0 Å². The number of benzene rings is 1. The van der Waals surface area contributed by atoms with Crippen LogP contribution in [0.5, 0.6) is 0 Å². The number of nitrogens with one attached hydrogen (secondary N) is 2. The summed E-state index contributed by atoms with van der Waals surface area (Å²) in [5, 5.41) is 14.8. The third-order valence-electron chi connectivity index (χ3n) is 2.84. The molecule has 5 heteroatoms. The number of amides is 1. The lowest BCUT2D eigenvalue weighted by atomic mass is 10.2. The first kappa shape index (κ1) is 15.0. The molecule has 104 valence electrons. The van der Waals surface area contributed by atoms with Gasteiger partial charge in [0.15, 0.2) is 0 Å². The quantitative estimate of drug-likeness (QED) is 0.704. The van der Waals surface area contributed by atoms with Crippen molar-refractivity contribution in [3.05, 3.63) is 29.8 Å². The number of anilines is 1. The van der Waals surface area contributed by atoms with Crippen LogP contribution in [0.1, 0.15) is 37.0 Å². The summed E-state index contributed by atoms with van der Waals surface area (Å²) in [5.74, 6) is -1.01. The molecule has 0 aromatic heterocycles.